The molecule has 202 valence electrons. The Morgan fingerprint density at radius 1 is 0.529 bits per heavy atom. The van der Waals surface area contributed by atoms with Gasteiger partial charge in [-0.1, -0.05) is 104 Å². The second kappa shape index (κ2) is 38.6. The molecule has 6 radical (unpaired) electrons. The van der Waals surface area contributed by atoms with E-state index in [-0.39, 0.29) is 62.9 Å². The summed E-state index contributed by atoms with van der Waals surface area (Å²) in [4.78, 5) is 43.7. The molecule has 0 aliphatic carbocycles. The zero-order valence-electron chi connectivity index (χ0n) is 20.9. The summed E-state index contributed by atoms with van der Waals surface area (Å²) >= 11 is 13.9. The number of carbonyl (C=O) groups excluding carboxylic acids is 4. The number of hydrogen-bond donors (Lipinski definition) is 6. The van der Waals surface area contributed by atoms with Crippen molar-refractivity contribution in [3.8, 4) is 0 Å². The average molecular weight is 951 g/mol. The smallest absolute Gasteiger partial charge is 0.278 e. The van der Waals surface area contributed by atoms with Gasteiger partial charge in [-0.25, -0.2) is 0 Å². The van der Waals surface area contributed by atoms with Crippen molar-refractivity contribution in [2.24, 2.45) is 11.5 Å². The Labute approximate surface area is 267 Å². The van der Waals surface area contributed by atoms with E-state index >= 15 is 0 Å². The summed E-state index contributed by atoms with van der Waals surface area (Å²) in [6.07, 6.45) is 8.83. The molecule has 14 heteroatoms. The minimum Gasteiger partial charge on any atom is -0.361 e. The number of nitrogens with two attached hydrogens (primary N) is 2. The van der Waals surface area contributed by atoms with Crippen LogP contribution in [-0.4, -0.2) is 109 Å². The van der Waals surface area contributed by atoms with Gasteiger partial charge in [-0.05, 0) is 25.7 Å². The molecule has 0 spiro atoms. The Balaban J connectivity index is -0.0000000840. The Kier molecular flexibility index (Phi) is 54.6. The third-order valence-electron chi connectivity index (χ3n) is 3.67. The molecular formula is C20H44Bi2N4O4S4. The van der Waals surface area contributed by atoms with E-state index in [1.54, 1.807) is 0 Å². The van der Waals surface area contributed by atoms with Crippen molar-refractivity contribution >= 4 is 124 Å². The van der Waals surface area contributed by atoms with Crippen LogP contribution in [0.15, 0.2) is 0 Å². The molecule has 8 nitrogen and oxygen atoms in total. The first-order valence-corrected chi connectivity index (χ1v) is 12.6. The molecule has 0 aromatic carbocycles. The number of primary amides is 2. The standard InChI is InChI=1S/2C9H19NOS.2CH3NOS.2Bi/c2*1-3-5-7-10(9(11)12)8-6-4-2;2*2-1(3)4;;/h2*3-8H2,1-2H3,(H,11,12);2*(H3,2,3,4);;. The van der Waals surface area contributed by atoms with Gasteiger partial charge in [-0.15, -0.1) is 0 Å². The maximum Gasteiger partial charge on any atom is 0.278 e. The predicted molar refractivity (Wildman–Crippen MR) is 160 cm³/mol. The molecule has 0 bridgehead atoms. The first kappa shape index (κ1) is 48.2. The van der Waals surface area contributed by atoms with Crippen LogP contribution >= 0.6 is 50.5 Å². The summed E-state index contributed by atoms with van der Waals surface area (Å²) in [5.41, 5.74) is 8.67. The maximum atomic E-state index is 10.9. The monoisotopic (exact) mass is 950 g/mol. The first-order chi connectivity index (χ1) is 14.9. The van der Waals surface area contributed by atoms with Crippen molar-refractivity contribution in [3.63, 3.8) is 0 Å². The van der Waals surface area contributed by atoms with Gasteiger partial charge in [0.25, 0.3) is 21.0 Å². The minimum atomic E-state index is -0.639. The third-order valence-corrected chi connectivity index (χ3v) is 4.23. The molecule has 0 aromatic heterocycles. The number of nitrogens with zero attached hydrogens (tertiary/aromatic N) is 2. The van der Waals surface area contributed by atoms with E-state index in [1.807, 2.05) is 9.80 Å². The number of hydrogen-bond acceptors (Lipinski definition) is 4. The van der Waals surface area contributed by atoms with Gasteiger partial charge < -0.3 is 21.3 Å². The molecular weight excluding hydrogens is 906 g/mol. The fourth-order valence-electron chi connectivity index (χ4n) is 2.00. The van der Waals surface area contributed by atoms with Gasteiger partial charge in [0.05, 0.1) is 0 Å². The van der Waals surface area contributed by atoms with Crippen molar-refractivity contribution in [2.75, 3.05) is 26.2 Å². The Hall–Kier alpha value is 1.05. The first-order valence-electron chi connectivity index (χ1n) is 10.8. The number of carbonyl (C=O) groups is 4. The number of unbranched alkanes of at least 4 members (excludes halogenated alkanes) is 4. The van der Waals surface area contributed by atoms with Gasteiger partial charge >= 0.3 is 0 Å². The summed E-state index contributed by atoms with van der Waals surface area (Å²) in [5, 5.41) is -1.45. The van der Waals surface area contributed by atoms with E-state index in [0.29, 0.717) is 0 Å². The molecule has 0 saturated carbocycles. The average Bonchev–Trinajstić information content (AvgIpc) is 2.67. The van der Waals surface area contributed by atoms with E-state index < -0.39 is 10.5 Å². The zero-order valence-corrected chi connectivity index (χ0v) is 31.4. The molecule has 0 rings (SSSR count). The van der Waals surface area contributed by atoms with Crippen LogP contribution in [0.25, 0.3) is 0 Å². The van der Waals surface area contributed by atoms with Gasteiger partial charge in [0, 0.05) is 78.6 Å². The maximum absolute atomic E-state index is 10.9. The molecule has 0 heterocycles. The summed E-state index contributed by atoms with van der Waals surface area (Å²) in [6, 6.07) is 0. The van der Waals surface area contributed by atoms with Crippen LogP contribution in [0.1, 0.15) is 79.1 Å². The summed E-state index contributed by atoms with van der Waals surface area (Å²) < 4.78 is 0. The normalized spacial score (nSPS) is 8.47. The van der Waals surface area contributed by atoms with Gasteiger partial charge in [0.1, 0.15) is 0 Å². The summed E-state index contributed by atoms with van der Waals surface area (Å²) in [7, 11) is 0. The SMILES string of the molecule is CCCCN(CCCC)C(=O)S.CCCCN(CCCC)C(=O)S.NC(=O)S.NC(=O)S.[Bi].[Bi]. The molecule has 0 aliphatic rings. The van der Waals surface area contributed by atoms with Crippen molar-refractivity contribution in [1.29, 1.82) is 0 Å². The van der Waals surface area contributed by atoms with Crippen LogP contribution in [0.3, 0.4) is 0 Å². The van der Waals surface area contributed by atoms with E-state index in [0.717, 1.165) is 77.5 Å². The van der Waals surface area contributed by atoms with Crippen molar-refractivity contribution in [2.45, 2.75) is 79.1 Å². The van der Waals surface area contributed by atoms with Crippen LogP contribution in [0.5, 0.6) is 0 Å². The van der Waals surface area contributed by atoms with E-state index in [9.17, 15) is 9.59 Å². The van der Waals surface area contributed by atoms with Crippen molar-refractivity contribution < 1.29 is 19.2 Å². The summed E-state index contributed by atoms with van der Waals surface area (Å²) in [6.45, 7) is 11.9. The Morgan fingerprint density at radius 2 is 0.676 bits per heavy atom. The van der Waals surface area contributed by atoms with Gasteiger partial charge in [-0.3, -0.25) is 19.2 Å². The molecule has 34 heavy (non-hydrogen) atoms. The van der Waals surface area contributed by atoms with Gasteiger partial charge in [0.2, 0.25) is 0 Å². The Morgan fingerprint density at radius 3 is 0.765 bits per heavy atom. The van der Waals surface area contributed by atoms with Crippen LogP contribution < -0.4 is 11.5 Å². The summed E-state index contributed by atoms with van der Waals surface area (Å²) in [5.74, 6) is 0. The van der Waals surface area contributed by atoms with Crippen molar-refractivity contribution in [3.05, 3.63) is 0 Å². The molecule has 4 amide bonds. The molecule has 0 unspecified atom stereocenters. The molecule has 0 aromatic rings. The van der Waals surface area contributed by atoms with Crippen LogP contribution in [0.2, 0.25) is 0 Å². The fourth-order valence-corrected chi connectivity index (χ4v) is 2.40. The van der Waals surface area contributed by atoms with Crippen LogP contribution in [0, 0.1) is 0 Å². The zero-order chi connectivity index (χ0) is 25.9. The van der Waals surface area contributed by atoms with Gasteiger partial charge in [0.15, 0.2) is 0 Å². The number of rotatable bonds is 12. The predicted octanol–water partition coefficient (Wildman–Crippen LogP) is 5.11. The number of amides is 4. The van der Waals surface area contributed by atoms with Crippen LogP contribution in [-0.2, 0) is 0 Å². The topological polar surface area (TPSA) is 127 Å². The largest absolute Gasteiger partial charge is 0.361 e. The van der Waals surface area contributed by atoms with E-state index in [2.05, 4.69) is 89.7 Å². The Bertz CT molecular complexity index is 431. The van der Waals surface area contributed by atoms with Crippen LogP contribution in [0.4, 0.5) is 19.2 Å². The molecule has 0 saturated heterocycles. The molecule has 4 N–H and O–H groups in total. The minimum absolute atomic E-state index is 0. The second-order valence-electron chi connectivity index (χ2n) is 6.63. The van der Waals surface area contributed by atoms with E-state index in [4.69, 9.17) is 9.59 Å². The fraction of sp³-hybridized carbons (Fsp3) is 0.800. The van der Waals surface area contributed by atoms with Gasteiger partial charge in [-0.2, -0.15) is 0 Å². The molecule has 0 atom stereocenters. The van der Waals surface area contributed by atoms with E-state index in [1.165, 1.54) is 0 Å². The third kappa shape index (κ3) is 54.1. The number of thiol groups is 4. The quantitative estimate of drug-likeness (QED) is 0.120. The molecule has 0 fully saturated rings. The second-order valence-corrected chi connectivity index (χ2v) is 8.28. The molecule has 0 aliphatic heterocycles. The van der Waals surface area contributed by atoms with Crippen molar-refractivity contribution in [1.82, 2.24) is 9.80 Å².